The zero-order valence-electron chi connectivity index (χ0n) is 15.5. The van der Waals surface area contributed by atoms with Crippen LogP contribution in [0, 0.1) is 0 Å². The number of amides is 1. The van der Waals surface area contributed by atoms with Crippen LogP contribution >= 0.6 is 11.3 Å². The minimum atomic E-state index is -3.03. The van der Waals surface area contributed by atoms with Crippen LogP contribution in [0.1, 0.15) is 11.6 Å². The first-order valence-corrected chi connectivity index (χ1v) is 11.7. The maximum Gasteiger partial charge on any atom is 0.270 e. The molecule has 4 rings (SSSR count). The van der Waals surface area contributed by atoms with Gasteiger partial charge in [-0.1, -0.05) is 53.8 Å². The first-order valence-electron chi connectivity index (χ1n) is 9.07. The summed E-state index contributed by atoms with van der Waals surface area (Å²) in [5.74, 6) is -0.131. The van der Waals surface area contributed by atoms with Gasteiger partial charge in [-0.2, -0.15) is 4.99 Å². The van der Waals surface area contributed by atoms with Gasteiger partial charge in [-0.25, -0.2) is 8.42 Å². The third-order valence-electron chi connectivity index (χ3n) is 5.01. The lowest BCUT2D eigenvalue weighted by molar-refractivity contribution is -0.123. The molecular formula is C20H21N3O3S2. The maximum absolute atomic E-state index is 13.2. The number of hydrogen-bond donors (Lipinski definition) is 0. The van der Waals surface area contributed by atoms with Gasteiger partial charge < -0.3 is 4.57 Å². The molecular weight excluding hydrogens is 394 g/mol. The highest BCUT2D eigenvalue weighted by Crippen LogP contribution is 2.24. The number of nitrogens with zero attached hydrogens (tertiary/aromatic N) is 3. The van der Waals surface area contributed by atoms with E-state index in [1.165, 1.54) is 11.3 Å². The van der Waals surface area contributed by atoms with Gasteiger partial charge in [0.15, 0.2) is 14.6 Å². The molecule has 2 aromatic carbocycles. The smallest absolute Gasteiger partial charge is 0.270 e. The summed E-state index contributed by atoms with van der Waals surface area (Å²) in [7, 11) is -1.13. The molecule has 1 saturated heterocycles. The molecule has 1 fully saturated rings. The summed E-state index contributed by atoms with van der Waals surface area (Å²) in [6.07, 6.45) is 0. The SMILES string of the molecule is Cn1c(=NC(=O)C(c2ccccc2)N2CCS(=O)(=O)CC2)sc2ccccc21. The lowest BCUT2D eigenvalue weighted by Crippen LogP contribution is -2.44. The highest BCUT2D eigenvalue weighted by molar-refractivity contribution is 7.91. The predicted molar refractivity (Wildman–Crippen MR) is 111 cm³/mol. The largest absolute Gasteiger partial charge is 0.319 e. The quantitative estimate of drug-likeness (QED) is 0.657. The number of benzene rings is 2. The summed E-state index contributed by atoms with van der Waals surface area (Å²) in [4.78, 5) is 20.2. The van der Waals surface area contributed by atoms with Crippen LogP contribution in [0.3, 0.4) is 0 Å². The van der Waals surface area contributed by atoms with Gasteiger partial charge >= 0.3 is 0 Å². The molecule has 1 amide bonds. The van der Waals surface area contributed by atoms with Crippen molar-refractivity contribution in [3.05, 3.63) is 65.0 Å². The van der Waals surface area contributed by atoms with Crippen molar-refractivity contribution >= 4 is 37.3 Å². The van der Waals surface area contributed by atoms with Gasteiger partial charge in [0.25, 0.3) is 5.91 Å². The average molecular weight is 416 g/mol. The van der Waals surface area contributed by atoms with Crippen LogP contribution in [0.4, 0.5) is 0 Å². The van der Waals surface area contributed by atoms with Gasteiger partial charge in [-0.3, -0.25) is 9.69 Å². The molecule has 0 N–H and O–H groups in total. The Balaban J connectivity index is 1.74. The minimum Gasteiger partial charge on any atom is -0.319 e. The van der Waals surface area contributed by atoms with Crippen LogP contribution in [-0.2, 0) is 21.7 Å². The molecule has 8 heteroatoms. The molecule has 3 aromatic rings. The van der Waals surface area contributed by atoms with E-state index in [2.05, 4.69) is 4.99 Å². The van der Waals surface area contributed by atoms with E-state index in [0.717, 1.165) is 15.8 Å². The standard InChI is InChI=1S/C20H21N3O3S2/c1-22-16-9-5-6-10-17(16)27-20(22)21-19(24)18(15-7-3-2-4-8-15)23-11-13-28(25,26)14-12-23/h2-10,18H,11-14H2,1H3. The summed E-state index contributed by atoms with van der Waals surface area (Å²) in [5.41, 5.74) is 1.86. The molecule has 2 heterocycles. The Morgan fingerprint density at radius 3 is 2.36 bits per heavy atom. The molecule has 1 atom stereocenters. The van der Waals surface area contributed by atoms with E-state index in [9.17, 15) is 13.2 Å². The van der Waals surface area contributed by atoms with E-state index < -0.39 is 15.9 Å². The number of aromatic nitrogens is 1. The van der Waals surface area contributed by atoms with E-state index in [4.69, 9.17) is 0 Å². The second-order valence-corrected chi connectivity index (χ2v) is 10.2. The molecule has 0 spiro atoms. The molecule has 1 aliphatic rings. The number of rotatable bonds is 3. The number of thiazole rings is 1. The van der Waals surface area contributed by atoms with Crippen LogP contribution in [0.2, 0.25) is 0 Å². The number of para-hydroxylation sites is 1. The summed E-state index contributed by atoms with van der Waals surface area (Å²) < 4.78 is 26.6. The lowest BCUT2D eigenvalue weighted by Gasteiger charge is -2.32. The van der Waals surface area contributed by atoms with Crippen molar-refractivity contribution in [2.24, 2.45) is 12.0 Å². The summed E-state index contributed by atoms with van der Waals surface area (Å²) >= 11 is 1.47. The van der Waals surface area contributed by atoms with Crippen molar-refractivity contribution in [2.75, 3.05) is 24.6 Å². The maximum atomic E-state index is 13.2. The Hall–Kier alpha value is -2.29. The van der Waals surface area contributed by atoms with Crippen molar-refractivity contribution in [1.29, 1.82) is 0 Å². The van der Waals surface area contributed by atoms with E-state index in [0.29, 0.717) is 17.9 Å². The topological polar surface area (TPSA) is 71.7 Å². The van der Waals surface area contributed by atoms with Gasteiger partial charge in [0.1, 0.15) is 6.04 Å². The molecule has 146 valence electrons. The van der Waals surface area contributed by atoms with Crippen LogP contribution < -0.4 is 4.80 Å². The number of sulfone groups is 1. The van der Waals surface area contributed by atoms with Crippen LogP contribution in [0.15, 0.2) is 59.6 Å². The van der Waals surface area contributed by atoms with E-state index in [1.807, 2.05) is 71.1 Å². The molecule has 1 aliphatic heterocycles. The van der Waals surface area contributed by atoms with Crippen molar-refractivity contribution in [3.63, 3.8) is 0 Å². The average Bonchev–Trinajstić information content (AvgIpc) is 3.00. The third kappa shape index (κ3) is 3.80. The van der Waals surface area contributed by atoms with Gasteiger partial charge in [0.05, 0.1) is 21.7 Å². The fraction of sp³-hybridized carbons (Fsp3) is 0.300. The van der Waals surface area contributed by atoms with Gasteiger partial charge in [-0.05, 0) is 17.7 Å². The third-order valence-corrected chi connectivity index (χ3v) is 7.74. The van der Waals surface area contributed by atoms with Gasteiger partial charge in [-0.15, -0.1) is 0 Å². The molecule has 6 nitrogen and oxygen atoms in total. The Bertz CT molecular complexity index is 1170. The highest BCUT2D eigenvalue weighted by atomic mass is 32.2. The van der Waals surface area contributed by atoms with Gasteiger partial charge in [0, 0.05) is 20.1 Å². The molecule has 1 unspecified atom stereocenters. The molecule has 28 heavy (non-hydrogen) atoms. The Morgan fingerprint density at radius 2 is 1.68 bits per heavy atom. The highest BCUT2D eigenvalue weighted by Gasteiger charge is 2.32. The van der Waals surface area contributed by atoms with Crippen molar-refractivity contribution < 1.29 is 13.2 Å². The fourth-order valence-corrected chi connectivity index (χ4v) is 5.73. The summed E-state index contributed by atoms with van der Waals surface area (Å²) in [6.45, 7) is 0.670. The van der Waals surface area contributed by atoms with Crippen LogP contribution in [0.25, 0.3) is 10.2 Å². The Morgan fingerprint density at radius 1 is 1.04 bits per heavy atom. The molecule has 1 aromatic heterocycles. The number of carbonyl (C=O) groups excluding carboxylic acids is 1. The van der Waals surface area contributed by atoms with Crippen molar-refractivity contribution in [2.45, 2.75) is 6.04 Å². The molecule has 0 aliphatic carbocycles. The Kier molecular flexibility index (Phi) is 5.18. The fourth-order valence-electron chi connectivity index (χ4n) is 3.47. The summed E-state index contributed by atoms with van der Waals surface area (Å²) in [5, 5.41) is 0. The predicted octanol–water partition coefficient (Wildman–Crippen LogP) is 2.14. The Labute approximate surface area is 167 Å². The number of aryl methyl sites for hydroxylation is 1. The number of fused-ring (bicyclic) bond motifs is 1. The monoisotopic (exact) mass is 415 g/mol. The first-order chi connectivity index (χ1) is 13.4. The minimum absolute atomic E-state index is 0.0697. The van der Waals surface area contributed by atoms with E-state index >= 15 is 0 Å². The summed E-state index contributed by atoms with van der Waals surface area (Å²) in [6, 6.07) is 16.8. The number of carbonyl (C=O) groups is 1. The van der Waals surface area contributed by atoms with E-state index in [1.54, 1.807) is 0 Å². The molecule has 0 radical (unpaired) electrons. The van der Waals surface area contributed by atoms with Crippen LogP contribution in [-0.4, -0.2) is 48.4 Å². The van der Waals surface area contributed by atoms with Crippen LogP contribution in [0.5, 0.6) is 0 Å². The zero-order chi connectivity index (χ0) is 19.7. The zero-order valence-corrected chi connectivity index (χ0v) is 17.1. The molecule has 0 bridgehead atoms. The second-order valence-electron chi connectivity index (χ2n) is 6.86. The van der Waals surface area contributed by atoms with E-state index in [-0.39, 0.29) is 17.4 Å². The normalized spacial score (nSPS) is 19.0. The van der Waals surface area contributed by atoms with Gasteiger partial charge in [0.2, 0.25) is 0 Å². The van der Waals surface area contributed by atoms with Crippen molar-refractivity contribution in [3.8, 4) is 0 Å². The second kappa shape index (κ2) is 7.62. The number of hydrogen-bond acceptors (Lipinski definition) is 5. The lowest BCUT2D eigenvalue weighted by atomic mass is 10.0. The molecule has 0 saturated carbocycles. The van der Waals surface area contributed by atoms with Crippen molar-refractivity contribution in [1.82, 2.24) is 9.47 Å². The first kappa shape index (κ1) is 19.0.